The molecule has 1 aliphatic carbocycles. The SMILES string of the molecule is C[C@@H]1C[C@@H](O)c2ncnc(N3CCN(C(=O)[C@H](CCCN(C)C)c4ccc(Cl)cc4)CC3)c21. The maximum absolute atomic E-state index is 13.6. The van der Waals surface area contributed by atoms with Crippen molar-refractivity contribution in [1.82, 2.24) is 19.8 Å². The molecule has 1 amide bonds. The van der Waals surface area contributed by atoms with Gasteiger partial charge in [-0.2, -0.15) is 0 Å². The van der Waals surface area contributed by atoms with E-state index in [1.54, 1.807) is 6.33 Å². The van der Waals surface area contributed by atoms with Crippen molar-refractivity contribution in [1.29, 1.82) is 0 Å². The highest BCUT2D eigenvalue weighted by atomic mass is 35.5. The minimum atomic E-state index is -0.512. The average Bonchev–Trinajstić information content (AvgIpc) is 3.11. The lowest BCUT2D eigenvalue weighted by Crippen LogP contribution is -2.50. The molecule has 1 fully saturated rings. The second-order valence-corrected chi connectivity index (χ2v) is 9.95. The fraction of sp³-hybridized carbons (Fsp3) is 0.560. The van der Waals surface area contributed by atoms with Crippen molar-refractivity contribution in [3.05, 3.63) is 52.4 Å². The molecule has 2 aliphatic rings. The Bertz CT molecular complexity index is 960. The lowest BCUT2D eigenvalue weighted by Gasteiger charge is -2.38. The summed E-state index contributed by atoms with van der Waals surface area (Å²) in [5.74, 6) is 1.17. The van der Waals surface area contributed by atoms with Crippen LogP contribution in [0.25, 0.3) is 0 Å². The van der Waals surface area contributed by atoms with Gasteiger partial charge < -0.3 is 19.8 Å². The molecule has 3 atom stereocenters. The molecule has 2 aromatic rings. The van der Waals surface area contributed by atoms with Gasteiger partial charge in [0.25, 0.3) is 0 Å². The smallest absolute Gasteiger partial charge is 0.230 e. The Morgan fingerprint density at radius 2 is 1.88 bits per heavy atom. The molecule has 1 aromatic carbocycles. The Labute approximate surface area is 201 Å². The van der Waals surface area contributed by atoms with Gasteiger partial charge in [0.05, 0.1) is 17.7 Å². The van der Waals surface area contributed by atoms with Crippen molar-refractivity contribution in [3.63, 3.8) is 0 Å². The summed E-state index contributed by atoms with van der Waals surface area (Å²) in [6.45, 7) is 5.84. The number of hydrogen-bond acceptors (Lipinski definition) is 6. The Morgan fingerprint density at radius 1 is 1.18 bits per heavy atom. The molecule has 4 rings (SSSR count). The van der Waals surface area contributed by atoms with Gasteiger partial charge in [-0.15, -0.1) is 0 Å². The average molecular weight is 472 g/mol. The summed E-state index contributed by atoms with van der Waals surface area (Å²) in [6.07, 6.45) is 3.50. The van der Waals surface area contributed by atoms with Crippen LogP contribution in [0.2, 0.25) is 5.02 Å². The highest BCUT2D eigenvalue weighted by Crippen LogP contribution is 2.42. The Balaban J connectivity index is 1.45. The predicted octanol–water partition coefficient (Wildman–Crippen LogP) is 3.44. The summed E-state index contributed by atoms with van der Waals surface area (Å²) in [6, 6.07) is 7.69. The molecule has 0 spiro atoms. The molecule has 0 saturated carbocycles. The number of carbonyl (C=O) groups excluding carboxylic acids is 1. The zero-order chi connectivity index (χ0) is 23.5. The Kier molecular flexibility index (Phi) is 7.51. The molecule has 8 heteroatoms. The summed E-state index contributed by atoms with van der Waals surface area (Å²) >= 11 is 6.09. The van der Waals surface area contributed by atoms with Gasteiger partial charge in [-0.1, -0.05) is 30.7 Å². The predicted molar refractivity (Wildman–Crippen MR) is 131 cm³/mol. The molecule has 7 nitrogen and oxygen atoms in total. The van der Waals surface area contributed by atoms with Crippen LogP contribution in [0.4, 0.5) is 5.82 Å². The van der Waals surface area contributed by atoms with Crippen LogP contribution in [-0.2, 0) is 4.79 Å². The fourth-order valence-corrected chi connectivity index (χ4v) is 5.18. The van der Waals surface area contributed by atoms with Gasteiger partial charge in [-0.3, -0.25) is 4.79 Å². The molecule has 2 heterocycles. The van der Waals surface area contributed by atoms with E-state index in [1.165, 1.54) is 0 Å². The molecule has 0 radical (unpaired) electrons. The number of aliphatic hydroxyl groups is 1. The summed E-state index contributed by atoms with van der Waals surface area (Å²) < 4.78 is 0. The highest BCUT2D eigenvalue weighted by molar-refractivity contribution is 6.30. The van der Waals surface area contributed by atoms with Crippen molar-refractivity contribution in [2.75, 3.05) is 51.7 Å². The van der Waals surface area contributed by atoms with Crippen LogP contribution >= 0.6 is 11.6 Å². The van der Waals surface area contributed by atoms with Crippen LogP contribution in [0, 0.1) is 0 Å². The fourth-order valence-electron chi connectivity index (χ4n) is 5.05. The van der Waals surface area contributed by atoms with Crippen LogP contribution < -0.4 is 4.90 Å². The molecule has 1 saturated heterocycles. The third kappa shape index (κ3) is 5.31. The maximum atomic E-state index is 13.6. The van der Waals surface area contributed by atoms with Gasteiger partial charge in [-0.25, -0.2) is 9.97 Å². The first-order valence-electron chi connectivity index (χ1n) is 11.8. The number of nitrogens with zero attached hydrogens (tertiary/aromatic N) is 5. The van der Waals surface area contributed by atoms with E-state index in [2.05, 4.69) is 40.8 Å². The van der Waals surface area contributed by atoms with Crippen LogP contribution in [0.15, 0.2) is 30.6 Å². The van der Waals surface area contributed by atoms with Crippen LogP contribution in [0.1, 0.15) is 60.9 Å². The highest BCUT2D eigenvalue weighted by Gasteiger charge is 2.35. The number of amides is 1. The number of fused-ring (bicyclic) bond motifs is 1. The first-order chi connectivity index (χ1) is 15.8. The number of piperazine rings is 1. The van der Waals surface area contributed by atoms with E-state index in [0.29, 0.717) is 24.5 Å². The number of halogens is 1. The number of benzene rings is 1. The zero-order valence-corrected chi connectivity index (χ0v) is 20.5. The van der Waals surface area contributed by atoms with Gasteiger partial charge >= 0.3 is 0 Å². The van der Waals surface area contributed by atoms with E-state index >= 15 is 0 Å². The first kappa shape index (κ1) is 23.9. The molecular formula is C25H34ClN5O2. The second kappa shape index (κ2) is 10.4. The standard InChI is InChI=1S/C25H34ClN5O2/c1-17-15-21(32)23-22(17)24(28-16-27-23)30-11-13-31(14-12-30)25(33)20(5-4-10-29(2)3)18-6-8-19(26)9-7-18/h6-9,16-17,20-21,32H,4-5,10-15H2,1-3H3/t17-,20-,21-/m1/s1. The zero-order valence-electron chi connectivity index (χ0n) is 19.7. The van der Waals surface area contributed by atoms with Gasteiger partial charge in [0.15, 0.2) is 0 Å². The molecule has 33 heavy (non-hydrogen) atoms. The van der Waals surface area contributed by atoms with Gasteiger partial charge in [-0.05, 0) is 63.5 Å². The molecule has 0 unspecified atom stereocenters. The van der Waals surface area contributed by atoms with Gasteiger partial charge in [0, 0.05) is 36.8 Å². The number of rotatable bonds is 7. The normalized spacial score (nSPS) is 21.4. The van der Waals surface area contributed by atoms with Crippen LogP contribution in [-0.4, -0.2) is 77.6 Å². The molecular weight excluding hydrogens is 438 g/mol. The lowest BCUT2D eigenvalue weighted by atomic mass is 9.92. The van der Waals surface area contributed by atoms with Crippen molar-refractivity contribution in [2.24, 2.45) is 0 Å². The monoisotopic (exact) mass is 471 g/mol. The molecule has 1 N–H and O–H groups in total. The van der Waals surface area contributed by atoms with Gasteiger partial charge in [0.1, 0.15) is 12.1 Å². The summed E-state index contributed by atoms with van der Waals surface area (Å²) in [7, 11) is 4.12. The van der Waals surface area contributed by atoms with Gasteiger partial charge in [0.2, 0.25) is 5.91 Å². The number of hydrogen-bond donors (Lipinski definition) is 1. The van der Waals surface area contributed by atoms with Crippen molar-refractivity contribution >= 4 is 23.3 Å². The molecule has 1 aromatic heterocycles. The number of aromatic nitrogens is 2. The summed E-state index contributed by atoms with van der Waals surface area (Å²) in [4.78, 5) is 28.9. The van der Waals surface area contributed by atoms with E-state index in [-0.39, 0.29) is 17.7 Å². The third-order valence-electron chi connectivity index (χ3n) is 6.84. The van der Waals surface area contributed by atoms with E-state index in [9.17, 15) is 9.90 Å². The minimum Gasteiger partial charge on any atom is -0.387 e. The first-order valence-corrected chi connectivity index (χ1v) is 12.2. The van der Waals surface area contributed by atoms with Crippen LogP contribution in [0.5, 0.6) is 0 Å². The quantitative estimate of drug-likeness (QED) is 0.666. The van der Waals surface area contributed by atoms with Crippen LogP contribution in [0.3, 0.4) is 0 Å². The summed E-state index contributed by atoms with van der Waals surface area (Å²) in [5.41, 5.74) is 2.85. The maximum Gasteiger partial charge on any atom is 0.230 e. The Morgan fingerprint density at radius 3 is 2.55 bits per heavy atom. The Hall–Kier alpha value is -2.22. The third-order valence-corrected chi connectivity index (χ3v) is 7.09. The number of anilines is 1. The van der Waals surface area contributed by atoms with Crippen molar-refractivity contribution < 1.29 is 9.90 Å². The van der Waals surface area contributed by atoms with Crippen molar-refractivity contribution in [2.45, 2.75) is 44.1 Å². The van der Waals surface area contributed by atoms with Crippen molar-refractivity contribution in [3.8, 4) is 0 Å². The lowest BCUT2D eigenvalue weighted by molar-refractivity contribution is -0.133. The minimum absolute atomic E-state index is 0.160. The number of carbonyl (C=O) groups is 1. The molecule has 0 bridgehead atoms. The largest absolute Gasteiger partial charge is 0.387 e. The second-order valence-electron chi connectivity index (χ2n) is 9.51. The van der Waals surface area contributed by atoms with E-state index < -0.39 is 6.10 Å². The molecule has 1 aliphatic heterocycles. The number of aliphatic hydroxyl groups excluding tert-OH is 1. The van der Waals surface area contributed by atoms with E-state index in [4.69, 9.17) is 11.6 Å². The topological polar surface area (TPSA) is 72.8 Å². The molecule has 178 valence electrons. The van der Waals surface area contributed by atoms with E-state index in [1.807, 2.05) is 29.2 Å². The van der Waals surface area contributed by atoms with E-state index in [0.717, 1.165) is 55.1 Å². The summed E-state index contributed by atoms with van der Waals surface area (Å²) in [5, 5.41) is 11.0.